The molecule has 0 radical (unpaired) electrons. The van der Waals surface area contributed by atoms with Gasteiger partial charge in [0.05, 0.1) is 23.4 Å². The Labute approximate surface area is 161 Å². The van der Waals surface area contributed by atoms with Crippen molar-refractivity contribution in [2.45, 2.75) is 13.0 Å². The highest BCUT2D eigenvalue weighted by Gasteiger charge is 2.24. The molecule has 0 aromatic heterocycles. The average molecular weight is 392 g/mol. The quantitative estimate of drug-likeness (QED) is 0.787. The monoisotopic (exact) mass is 391 g/mol. The zero-order valence-electron chi connectivity index (χ0n) is 14.8. The largest absolute Gasteiger partial charge is 0.493 e. The molecule has 1 amide bonds. The third-order valence-electron chi connectivity index (χ3n) is 3.85. The molecule has 7 nitrogen and oxygen atoms in total. The number of rotatable bonds is 5. The summed E-state index contributed by atoms with van der Waals surface area (Å²) in [6.45, 7) is 2.23. The van der Waals surface area contributed by atoms with E-state index in [0.29, 0.717) is 41.2 Å². The van der Waals surface area contributed by atoms with E-state index in [1.165, 1.54) is 26.2 Å². The zero-order valence-corrected chi connectivity index (χ0v) is 15.5. The number of carbonyl (C=O) groups is 2. The first-order valence-electron chi connectivity index (χ1n) is 8.23. The van der Waals surface area contributed by atoms with Crippen LogP contribution in [0.5, 0.6) is 17.2 Å². The van der Waals surface area contributed by atoms with E-state index >= 15 is 0 Å². The fraction of sp³-hybridized carbons (Fsp3) is 0.263. The number of methoxy groups -OCH3 is 1. The number of benzene rings is 2. The Kier molecular flexibility index (Phi) is 5.71. The number of esters is 1. The third-order valence-corrected chi connectivity index (χ3v) is 4.18. The summed E-state index contributed by atoms with van der Waals surface area (Å²) in [5.74, 6) is -0.00843. The maximum atomic E-state index is 12.5. The number of para-hydroxylation sites is 1. The molecule has 1 aliphatic heterocycles. The Hall–Kier alpha value is -2.93. The lowest BCUT2D eigenvalue weighted by Gasteiger charge is -2.21. The molecule has 3 rings (SSSR count). The molecule has 1 aliphatic rings. The van der Waals surface area contributed by atoms with Crippen LogP contribution < -0.4 is 19.5 Å². The molecule has 2 aromatic carbocycles. The minimum atomic E-state index is -1.03. The van der Waals surface area contributed by atoms with Crippen LogP contribution in [0.1, 0.15) is 17.3 Å². The molecule has 1 atom stereocenters. The van der Waals surface area contributed by atoms with Crippen LogP contribution in [0.4, 0.5) is 5.69 Å². The van der Waals surface area contributed by atoms with Gasteiger partial charge in [-0.25, -0.2) is 4.79 Å². The Bertz CT molecular complexity index is 852. The van der Waals surface area contributed by atoms with Gasteiger partial charge in [-0.3, -0.25) is 4.79 Å². The predicted octanol–water partition coefficient (Wildman–Crippen LogP) is 3.30. The fourth-order valence-electron chi connectivity index (χ4n) is 2.47. The Balaban J connectivity index is 1.71. The van der Waals surface area contributed by atoms with E-state index in [4.69, 9.17) is 30.5 Å². The van der Waals surface area contributed by atoms with E-state index in [2.05, 4.69) is 5.32 Å². The summed E-state index contributed by atoms with van der Waals surface area (Å²) in [5, 5.41) is 3.01. The number of hydrogen-bond acceptors (Lipinski definition) is 6. The normalized spacial score (nSPS) is 13.4. The van der Waals surface area contributed by atoms with Crippen LogP contribution in [0.15, 0.2) is 36.4 Å². The minimum absolute atomic E-state index is 0.188. The fourth-order valence-corrected chi connectivity index (χ4v) is 2.65. The molecule has 0 fully saturated rings. The van der Waals surface area contributed by atoms with Gasteiger partial charge in [0, 0.05) is 0 Å². The number of carbonyl (C=O) groups excluding carboxylic acids is 2. The lowest BCUT2D eigenvalue weighted by atomic mass is 10.1. The maximum Gasteiger partial charge on any atom is 0.339 e. The van der Waals surface area contributed by atoms with Crippen LogP contribution in [0, 0.1) is 0 Å². The van der Waals surface area contributed by atoms with Crippen LogP contribution in [0.2, 0.25) is 5.02 Å². The molecule has 0 saturated heterocycles. The van der Waals surface area contributed by atoms with Crippen LogP contribution in [0.25, 0.3) is 0 Å². The summed E-state index contributed by atoms with van der Waals surface area (Å²) < 4.78 is 21.5. The van der Waals surface area contributed by atoms with Gasteiger partial charge in [-0.05, 0) is 31.2 Å². The van der Waals surface area contributed by atoms with Crippen molar-refractivity contribution in [2.75, 3.05) is 25.6 Å². The number of halogens is 1. The van der Waals surface area contributed by atoms with Gasteiger partial charge in [-0.15, -0.1) is 0 Å². The average Bonchev–Trinajstić information content (AvgIpc) is 2.68. The van der Waals surface area contributed by atoms with E-state index in [0.717, 1.165) is 0 Å². The molecule has 1 heterocycles. The maximum absolute atomic E-state index is 12.5. The molecule has 2 aromatic rings. The van der Waals surface area contributed by atoms with Gasteiger partial charge in [0.25, 0.3) is 5.91 Å². The second-order valence-electron chi connectivity index (χ2n) is 5.72. The topological polar surface area (TPSA) is 83.1 Å². The molecule has 142 valence electrons. The van der Waals surface area contributed by atoms with Crippen molar-refractivity contribution < 1.29 is 28.5 Å². The van der Waals surface area contributed by atoms with Gasteiger partial charge in [0.15, 0.2) is 17.6 Å². The van der Waals surface area contributed by atoms with Crippen molar-refractivity contribution in [2.24, 2.45) is 0 Å². The molecular weight excluding hydrogens is 374 g/mol. The summed E-state index contributed by atoms with van der Waals surface area (Å²) in [5.41, 5.74) is 0.626. The standard InChI is InChI=1S/C19H18ClNO6/c1-11(18(22)21-14-6-4-3-5-13(14)20)27-19(23)12-9-15(24-2)17-16(10-12)25-7-8-26-17/h3-6,9-11H,7-8H2,1-2H3,(H,21,22)/t11-/m1/s1. The third kappa shape index (κ3) is 4.25. The van der Waals surface area contributed by atoms with Crippen LogP contribution in [0.3, 0.4) is 0 Å². The second kappa shape index (κ2) is 8.18. The van der Waals surface area contributed by atoms with Gasteiger partial charge < -0.3 is 24.3 Å². The van der Waals surface area contributed by atoms with E-state index in [1.807, 2.05) is 0 Å². The van der Waals surface area contributed by atoms with Crippen LogP contribution >= 0.6 is 11.6 Å². The van der Waals surface area contributed by atoms with Crippen molar-refractivity contribution in [1.29, 1.82) is 0 Å². The van der Waals surface area contributed by atoms with Crippen molar-refractivity contribution in [3.8, 4) is 17.2 Å². The first-order valence-corrected chi connectivity index (χ1v) is 8.61. The molecule has 0 bridgehead atoms. The molecule has 0 spiro atoms. The SMILES string of the molecule is COc1cc(C(=O)O[C@H](C)C(=O)Nc2ccccc2Cl)cc2c1OCCO2. The highest BCUT2D eigenvalue weighted by atomic mass is 35.5. The number of anilines is 1. The number of hydrogen-bond donors (Lipinski definition) is 1. The first-order chi connectivity index (χ1) is 13.0. The molecule has 0 aliphatic carbocycles. The van der Waals surface area contributed by atoms with E-state index in [-0.39, 0.29) is 5.56 Å². The van der Waals surface area contributed by atoms with Crippen molar-refractivity contribution in [3.05, 3.63) is 47.0 Å². The Morgan fingerprint density at radius 2 is 1.93 bits per heavy atom. The van der Waals surface area contributed by atoms with E-state index in [9.17, 15) is 9.59 Å². The first kappa shape index (κ1) is 18.8. The number of nitrogens with one attached hydrogen (secondary N) is 1. The number of amides is 1. The summed E-state index contributed by atoms with van der Waals surface area (Å²) in [6.07, 6.45) is -1.03. The molecular formula is C19H18ClNO6. The summed E-state index contributed by atoms with van der Waals surface area (Å²) >= 11 is 6.01. The predicted molar refractivity (Wildman–Crippen MR) is 98.9 cm³/mol. The van der Waals surface area contributed by atoms with Gasteiger partial charge >= 0.3 is 5.97 Å². The minimum Gasteiger partial charge on any atom is -0.493 e. The summed E-state index contributed by atoms with van der Waals surface area (Å²) in [4.78, 5) is 24.7. The van der Waals surface area contributed by atoms with Crippen LogP contribution in [-0.4, -0.2) is 38.3 Å². The van der Waals surface area contributed by atoms with Gasteiger partial charge in [0.1, 0.15) is 13.2 Å². The number of fused-ring (bicyclic) bond motifs is 1. The lowest BCUT2D eigenvalue weighted by molar-refractivity contribution is -0.123. The van der Waals surface area contributed by atoms with Crippen LogP contribution in [-0.2, 0) is 9.53 Å². The molecule has 1 N–H and O–H groups in total. The van der Waals surface area contributed by atoms with Crippen molar-refractivity contribution >= 4 is 29.2 Å². The van der Waals surface area contributed by atoms with Gasteiger partial charge in [-0.1, -0.05) is 23.7 Å². The van der Waals surface area contributed by atoms with Gasteiger partial charge in [0.2, 0.25) is 5.75 Å². The van der Waals surface area contributed by atoms with E-state index < -0.39 is 18.0 Å². The highest BCUT2D eigenvalue weighted by molar-refractivity contribution is 6.33. The molecule has 27 heavy (non-hydrogen) atoms. The zero-order chi connectivity index (χ0) is 19.4. The molecule has 0 unspecified atom stereocenters. The lowest BCUT2D eigenvalue weighted by Crippen LogP contribution is -2.30. The Morgan fingerprint density at radius 1 is 1.19 bits per heavy atom. The number of ether oxygens (including phenoxy) is 4. The second-order valence-corrected chi connectivity index (χ2v) is 6.13. The van der Waals surface area contributed by atoms with Crippen molar-refractivity contribution in [3.63, 3.8) is 0 Å². The van der Waals surface area contributed by atoms with Gasteiger partial charge in [-0.2, -0.15) is 0 Å². The Morgan fingerprint density at radius 3 is 2.67 bits per heavy atom. The molecule has 0 saturated carbocycles. The van der Waals surface area contributed by atoms with Crippen molar-refractivity contribution in [1.82, 2.24) is 0 Å². The molecule has 8 heteroatoms. The van der Waals surface area contributed by atoms with E-state index in [1.54, 1.807) is 24.3 Å². The summed E-state index contributed by atoms with van der Waals surface area (Å²) in [6, 6.07) is 9.76. The smallest absolute Gasteiger partial charge is 0.339 e. The summed E-state index contributed by atoms with van der Waals surface area (Å²) in [7, 11) is 1.46. The highest BCUT2D eigenvalue weighted by Crippen LogP contribution is 2.40.